The molecule has 0 spiro atoms. The Kier molecular flexibility index (Phi) is 4.74. The highest BCUT2D eigenvalue weighted by Crippen LogP contribution is 2.41. The first-order chi connectivity index (χ1) is 10.4. The molecule has 0 saturated carbocycles. The summed E-state index contributed by atoms with van der Waals surface area (Å²) >= 11 is 0. The van der Waals surface area contributed by atoms with Gasteiger partial charge in [-0.2, -0.15) is 0 Å². The van der Waals surface area contributed by atoms with Crippen molar-refractivity contribution in [3.63, 3.8) is 0 Å². The third-order valence-corrected chi connectivity index (χ3v) is 4.00. The molecule has 0 unspecified atom stereocenters. The molecule has 5 nitrogen and oxygen atoms in total. The van der Waals surface area contributed by atoms with Crippen LogP contribution in [0.15, 0.2) is 12.1 Å². The fraction of sp³-hybridized carbons (Fsp3) is 0.529. The minimum Gasteiger partial charge on any atom is -0.508 e. The Labute approximate surface area is 130 Å². The Morgan fingerprint density at radius 2 is 2.18 bits per heavy atom. The molecule has 1 aromatic rings. The number of carbonyl (C=O) groups excluding carboxylic acids is 2. The maximum Gasteiger partial charge on any atom is 0.305 e. The Bertz CT molecular complexity index is 593. The van der Waals surface area contributed by atoms with Crippen molar-refractivity contribution in [2.45, 2.75) is 51.6 Å². The summed E-state index contributed by atoms with van der Waals surface area (Å²) < 4.78 is 10.7. The first-order valence-corrected chi connectivity index (χ1v) is 7.54. The highest BCUT2D eigenvalue weighted by Gasteiger charge is 2.38. The van der Waals surface area contributed by atoms with Crippen molar-refractivity contribution >= 4 is 11.8 Å². The van der Waals surface area contributed by atoms with Crippen molar-refractivity contribution in [2.75, 3.05) is 7.11 Å². The summed E-state index contributed by atoms with van der Waals surface area (Å²) in [6.45, 7) is 3.82. The van der Waals surface area contributed by atoms with Gasteiger partial charge in [0.05, 0.1) is 19.1 Å². The van der Waals surface area contributed by atoms with E-state index < -0.39 is 5.60 Å². The summed E-state index contributed by atoms with van der Waals surface area (Å²) in [5.74, 6) is 0.259. The number of phenols is 1. The number of fused-ring (bicyclic) bond motifs is 1. The van der Waals surface area contributed by atoms with E-state index in [-0.39, 0.29) is 30.3 Å². The van der Waals surface area contributed by atoms with Crippen molar-refractivity contribution in [3.05, 3.63) is 23.3 Å². The lowest BCUT2D eigenvalue weighted by atomic mass is 9.86. The van der Waals surface area contributed by atoms with E-state index in [4.69, 9.17) is 4.74 Å². The fourth-order valence-electron chi connectivity index (χ4n) is 2.77. The van der Waals surface area contributed by atoms with Crippen LogP contribution in [0, 0.1) is 0 Å². The van der Waals surface area contributed by atoms with Crippen LogP contribution in [-0.2, 0) is 16.0 Å². The second-order valence-electron chi connectivity index (χ2n) is 5.92. The van der Waals surface area contributed by atoms with Gasteiger partial charge in [-0.3, -0.25) is 9.59 Å². The molecule has 0 bridgehead atoms. The highest BCUT2D eigenvalue weighted by molar-refractivity contribution is 6.01. The van der Waals surface area contributed by atoms with Crippen LogP contribution in [0.4, 0.5) is 0 Å². The van der Waals surface area contributed by atoms with Gasteiger partial charge in [-0.1, -0.05) is 13.3 Å². The number of ether oxygens (including phenoxy) is 2. The molecule has 1 aromatic carbocycles. The van der Waals surface area contributed by atoms with Gasteiger partial charge in [-0.15, -0.1) is 0 Å². The van der Waals surface area contributed by atoms with Crippen LogP contribution in [0.1, 0.15) is 55.5 Å². The van der Waals surface area contributed by atoms with E-state index in [9.17, 15) is 14.7 Å². The molecule has 1 heterocycles. The van der Waals surface area contributed by atoms with E-state index in [2.05, 4.69) is 4.74 Å². The van der Waals surface area contributed by atoms with Crippen molar-refractivity contribution in [2.24, 2.45) is 0 Å². The molecular formula is C17H22O5. The second-order valence-corrected chi connectivity index (χ2v) is 5.92. The number of hydrogen-bond acceptors (Lipinski definition) is 5. The van der Waals surface area contributed by atoms with Crippen molar-refractivity contribution in [1.29, 1.82) is 0 Å². The van der Waals surface area contributed by atoms with E-state index in [0.29, 0.717) is 29.7 Å². The standard InChI is InChI=1S/C17H22O5/c1-4-5-11-13(18)7-6-12-14(19)10-17(2,22-16(11)12)9-8-15(20)21-3/h6-7,18H,4-5,8-10H2,1-3H3/t17-/m0/s1. The van der Waals surface area contributed by atoms with Gasteiger partial charge in [0.25, 0.3) is 0 Å². The number of phenolic OH excluding ortho intramolecular Hbond substituents is 1. The van der Waals surface area contributed by atoms with E-state index in [1.807, 2.05) is 13.8 Å². The SMILES string of the molecule is CCCc1c(O)ccc2c1O[C@@](C)(CCC(=O)OC)CC2=O. The number of rotatable bonds is 5. The van der Waals surface area contributed by atoms with Crippen molar-refractivity contribution in [3.8, 4) is 11.5 Å². The van der Waals surface area contributed by atoms with Crippen LogP contribution in [0.2, 0.25) is 0 Å². The number of Topliss-reactive ketones (excluding diaryl/α,β-unsaturated/α-hetero) is 1. The van der Waals surface area contributed by atoms with Gasteiger partial charge < -0.3 is 14.6 Å². The molecule has 0 saturated heterocycles. The lowest BCUT2D eigenvalue weighted by Gasteiger charge is -2.36. The zero-order valence-electron chi connectivity index (χ0n) is 13.3. The average Bonchev–Trinajstić information content (AvgIpc) is 2.48. The molecule has 0 aliphatic carbocycles. The molecule has 2 rings (SSSR count). The summed E-state index contributed by atoms with van der Waals surface area (Å²) in [7, 11) is 1.34. The van der Waals surface area contributed by atoms with Crippen molar-refractivity contribution in [1.82, 2.24) is 0 Å². The minimum atomic E-state index is -0.755. The molecule has 1 aliphatic heterocycles. The number of esters is 1. The van der Waals surface area contributed by atoms with E-state index >= 15 is 0 Å². The quantitative estimate of drug-likeness (QED) is 0.847. The third kappa shape index (κ3) is 3.24. The number of benzene rings is 1. The maximum atomic E-state index is 12.4. The van der Waals surface area contributed by atoms with Gasteiger partial charge in [-0.05, 0) is 31.9 Å². The van der Waals surface area contributed by atoms with Crippen LogP contribution in [0.25, 0.3) is 0 Å². The Morgan fingerprint density at radius 1 is 1.45 bits per heavy atom. The average molecular weight is 306 g/mol. The molecule has 1 N–H and O–H groups in total. The van der Waals surface area contributed by atoms with Gasteiger partial charge in [0, 0.05) is 12.0 Å². The molecule has 0 aromatic heterocycles. The zero-order chi connectivity index (χ0) is 16.3. The largest absolute Gasteiger partial charge is 0.508 e. The van der Waals surface area contributed by atoms with E-state index in [1.54, 1.807) is 12.1 Å². The predicted molar refractivity (Wildman–Crippen MR) is 81.3 cm³/mol. The Morgan fingerprint density at radius 3 is 2.82 bits per heavy atom. The monoisotopic (exact) mass is 306 g/mol. The fourth-order valence-corrected chi connectivity index (χ4v) is 2.77. The Hall–Kier alpha value is -2.04. The number of aromatic hydroxyl groups is 1. The van der Waals surface area contributed by atoms with Gasteiger partial charge in [0.2, 0.25) is 0 Å². The molecule has 1 atom stereocenters. The lowest BCUT2D eigenvalue weighted by molar-refractivity contribution is -0.141. The number of hydrogen-bond donors (Lipinski definition) is 1. The number of methoxy groups -OCH3 is 1. The van der Waals surface area contributed by atoms with E-state index in [0.717, 1.165) is 6.42 Å². The van der Waals surface area contributed by atoms with Gasteiger partial charge in [0.15, 0.2) is 5.78 Å². The highest BCUT2D eigenvalue weighted by atomic mass is 16.5. The first-order valence-electron chi connectivity index (χ1n) is 7.54. The van der Waals surface area contributed by atoms with Crippen LogP contribution < -0.4 is 4.74 Å². The number of ketones is 1. The summed E-state index contributed by atoms with van der Waals surface area (Å²) in [6, 6.07) is 3.15. The molecular weight excluding hydrogens is 284 g/mol. The molecule has 22 heavy (non-hydrogen) atoms. The Balaban J connectivity index is 2.32. The predicted octanol–water partition coefficient (Wildman–Crippen LogP) is 3.02. The van der Waals surface area contributed by atoms with Gasteiger partial charge in [0.1, 0.15) is 17.1 Å². The molecule has 120 valence electrons. The normalized spacial score (nSPS) is 20.2. The van der Waals surface area contributed by atoms with Crippen molar-refractivity contribution < 1.29 is 24.2 Å². The molecule has 0 radical (unpaired) electrons. The number of carbonyl (C=O) groups is 2. The smallest absolute Gasteiger partial charge is 0.305 e. The van der Waals surface area contributed by atoms with Crippen LogP contribution in [0.5, 0.6) is 11.5 Å². The van der Waals surface area contributed by atoms with Crippen LogP contribution >= 0.6 is 0 Å². The van der Waals surface area contributed by atoms with Gasteiger partial charge >= 0.3 is 5.97 Å². The molecule has 0 fully saturated rings. The van der Waals surface area contributed by atoms with Crippen LogP contribution in [0.3, 0.4) is 0 Å². The van der Waals surface area contributed by atoms with Crippen LogP contribution in [-0.4, -0.2) is 29.6 Å². The summed E-state index contributed by atoms with van der Waals surface area (Å²) in [4.78, 5) is 23.7. The zero-order valence-corrected chi connectivity index (χ0v) is 13.3. The summed E-state index contributed by atoms with van der Waals surface area (Å²) in [5, 5.41) is 10.0. The molecule has 1 aliphatic rings. The maximum absolute atomic E-state index is 12.4. The minimum absolute atomic E-state index is 0.0223. The van der Waals surface area contributed by atoms with E-state index in [1.165, 1.54) is 7.11 Å². The first kappa shape index (κ1) is 16.3. The summed E-state index contributed by atoms with van der Waals surface area (Å²) in [6.07, 6.45) is 2.27. The van der Waals surface area contributed by atoms with Gasteiger partial charge in [-0.25, -0.2) is 0 Å². The summed E-state index contributed by atoms with van der Waals surface area (Å²) in [5.41, 5.74) is 0.420. The second kappa shape index (κ2) is 6.38. The topological polar surface area (TPSA) is 72.8 Å². The molecule has 0 amide bonds. The third-order valence-electron chi connectivity index (χ3n) is 4.00. The lowest BCUT2D eigenvalue weighted by Crippen LogP contribution is -2.40. The molecule has 5 heteroatoms.